The molecule has 0 radical (unpaired) electrons. The summed E-state index contributed by atoms with van der Waals surface area (Å²) < 4.78 is 2.53. The molecule has 2 nitrogen and oxygen atoms in total. The second-order valence-electron chi connectivity index (χ2n) is 17.9. The lowest BCUT2D eigenvalue weighted by Gasteiger charge is -2.56. The van der Waals surface area contributed by atoms with Crippen LogP contribution in [0.15, 0.2) is 249 Å². The fourth-order valence-corrected chi connectivity index (χ4v) is 12.6. The van der Waals surface area contributed by atoms with Crippen LogP contribution in [-0.2, 0) is 10.8 Å². The normalized spacial score (nSPS) is 14.6. The highest BCUT2D eigenvalue weighted by molar-refractivity contribution is 6.98. The van der Waals surface area contributed by atoms with E-state index in [9.17, 15) is 0 Å². The summed E-state index contributed by atoms with van der Waals surface area (Å²) in [6.45, 7) is 0.00539. The van der Waals surface area contributed by atoms with E-state index in [1.807, 2.05) is 0 Å². The van der Waals surface area contributed by atoms with E-state index in [0.29, 0.717) is 0 Å². The van der Waals surface area contributed by atoms with Crippen molar-refractivity contribution >= 4 is 62.0 Å². The molecule has 0 N–H and O–H groups in total. The van der Waals surface area contributed by atoms with Crippen LogP contribution in [0, 0.1) is 0 Å². The van der Waals surface area contributed by atoms with E-state index in [4.69, 9.17) is 0 Å². The first-order valence-electron chi connectivity index (χ1n) is 22.8. The molecule has 0 saturated carbocycles. The fourth-order valence-electron chi connectivity index (χ4n) is 12.6. The average molecular weight is 825 g/mol. The SMILES string of the molecule is c1ccc(B2c3cccc4c3N3c5c2cccc5C(c2ccccc2)(c2ccccc2)c2cc(-n5c6ccccc6c6ccccc65)cc(c23)C4(c2ccccc2)c2ccccc2)cc1. The third-order valence-corrected chi connectivity index (χ3v) is 14.9. The van der Waals surface area contributed by atoms with Crippen molar-refractivity contribution in [1.29, 1.82) is 0 Å². The molecule has 65 heavy (non-hydrogen) atoms. The van der Waals surface area contributed by atoms with Gasteiger partial charge in [0.1, 0.15) is 0 Å². The van der Waals surface area contributed by atoms with Crippen LogP contribution in [0.1, 0.15) is 44.5 Å². The summed E-state index contributed by atoms with van der Waals surface area (Å²) in [5.41, 5.74) is 19.9. The predicted molar refractivity (Wildman–Crippen MR) is 270 cm³/mol. The third kappa shape index (κ3) is 4.69. The highest BCUT2D eigenvalue weighted by Gasteiger charge is 2.57. The van der Waals surface area contributed by atoms with Gasteiger partial charge in [-0.1, -0.05) is 230 Å². The maximum absolute atomic E-state index is 2.71. The second kappa shape index (κ2) is 13.7. The minimum Gasteiger partial charge on any atom is -0.310 e. The van der Waals surface area contributed by atoms with Crippen LogP contribution in [-0.4, -0.2) is 11.3 Å². The Balaban J connectivity index is 1.27. The van der Waals surface area contributed by atoms with Gasteiger partial charge in [0.25, 0.3) is 0 Å². The minimum absolute atomic E-state index is 0.00539. The number of nitrogens with zero attached hydrogens (tertiary/aromatic N) is 2. The zero-order valence-electron chi connectivity index (χ0n) is 35.6. The Labute approximate surface area is 379 Å². The van der Waals surface area contributed by atoms with Crippen LogP contribution in [0.3, 0.4) is 0 Å². The molecule has 0 unspecified atom stereocenters. The van der Waals surface area contributed by atoms with Gasteiger partial charge >= 0.3 is 0 Å². The van der Waals surface area contributed by atoms with Gasteiger partial charge in [-0.15, -0.1) is 0 Å². The highest BCUT2D eigenvalue weighted by atomic mass is 15.2. The minimum atomic E-state index is -0.715. The quantitative estimate of drug-likeness (QED) is 0.152. The van der Waals surface area contributed by atoms with Crippen LogP contribution < -0.4 is 21.3 Å². The summed E-state index contributed by atoms with van der Waals surface area (Å²) >= 11 is 0. The van der Waals surface area contributed by atoms with Crippen LogP contribution in [0.25, 0.3) is 27.5 Å². The Kier molecular flexibility index (Phi) is 7.65. The van der Waals surface area contributed by atoms with Crippen LogP contribution >= 0.6 is 0 Å². The van der Waals surface area contributed by atoms with Crippen molar-refractivity contribution in [3.63, 3.8) is 0 Å². The van der Waals surface area contributed by atoms with Crippen LogP contribution in [0.5, 0.6) is 0 Å². The van der Waals surface area contributed by atoms with Gasteiger partial charge in [0.2, 0.25) is 6.71 Å². The number of para-hydroxylation sites is 4. The Morgan fingerprint density at radius 3 is 1.09 bits per heavy atom. The summed E-state index contributed by atoms with van der Waals surface area (Å²) in [7, 11) is 0. The highest BCUT2D eigenvalue weighted by Crippen LogP contribution is 2.66. The molecule has 0 atom stereocenters. The van der Waals surface area contributed by atoms with Gasteiger partial charge in [-0.25, -0.2) is 0 Å². The van der Waals surface area contributed by atoms with Crippen molar-refractivity contribution in [3.05, 3.63) is 293 Å². The van der Waals surface area contributed by atoms with Gasteiger partial charge in [0.15, 0.2) is 0 Å². The van der Waals surface area contributed by atoms with Gasteiger partial charge in [-0.3, -0.25) is 0 Å². The summed E-state index contributed by atoms with van der Waals surface area (Å²) in [5.74, 6) is 0. The van der Waals surface area contributed by atoms with Crippen molar-refractivity contribution in [2.75, 3.05) is 4.90 Å². The van der Waals surface area contributed by atoms with Crippen molar-refractivity contribution in [2.24, 2.45) is 0 Å². The average Bonchev–Trinajstić information content (AvgIpc) is 3.72. The van der Waals surface area contributed by atoms with Gasteiger partial charge in [-0.05, 0) is 79.7 Å². The third-order valence-electron chi connectivity index (χ3n) is 14.9. The van der Waals surface area contributed by atoms with Gasteiger partial charge in [-0.2, -0.15) is 0 Å². The molecule has 3 aliphatic rings. The molecular weight excluding hydrogens is 784 g/mol. The summed E-state index contributed by atoms with van der Waals surface area (Å²) in [6.07, 6.45) is 0. The Morgan fingerprint density at radius 1 is 0.308 bits per heavy atom. The molecule has 10 aromatic carbocycles. The molecule has 3 aliphatic heterocycles. The monoisotopic (exact) mass is 824 g/mol. The molecule has 0 aliphatic carbocycles. The smallest absolute Gasteiger partial charge is 0.246 e. The zero-order chi connectivity index (χ0) is 42.7. The number of fused-ring (bicyclic) bond motifs is 3. The fraction of sp³-hybridized carbons (Fsp3) is 0.0323. The lowest BCUT2D eigenvalue weighted by Crippen LogP contribution is -2.61. The Morgan fingerprint density at radius 2 is 0.677 bits per heavy atom. The lowest BCUT2D eigenvalue weighted by molar-refractivity contribution is 0.689. The van der Waals surface area contributed by atoms with Gasteiger partial charge in [0, 0.05) is 27.8 Å². The van der Waals surface area contributed by atoms with E-state index < -0.39 is 10.8 Å². The van der Waals surface area contributed by atoms with E-state index in [2.05, 4.69) is 258 Å². The molecule has 0 saturated heterocycles. The maximum Gasteiger partial charge on any atom is 0.246 e. The summed E-state index contributed by atoms with van der Waals surface area (Å²) in [6, 6.07) is 93.8. The van der Waals surface area contributed by atoms with Crippen molar-refractivity contribution in [3.8, 4) is 5.69 Å². The summed E-state index contributed by atoms with van der Waals surface area (Å²) in [4.78, 5) is 2.71. The molecule has 1 aromatic heterocycles. The predicted octanol–water partition coefficient (Wildman–Crippen LogP) is 12.5. The van der Waals surface area contributed by atoms with Gasteiger partial charge in [0.05, 0.1) is 27.6 Å². The first-order chi connectivity index (χ1) is 32.3. The number of benzene rings is 10. The molecule has 302 valence electrons. The molecule has 11 aromatic rings. The van der Waals surface area contributed by atoms with Crippen LogP contribution in [0.2, 0.25) is 0 Å². The van der Waals surface area contributed by atoms with Crippen LogP contribution in [0.4, 0.5) is 17.1 Å². The molecule has 4 heterocycles. The number of hydrogen-bond donors (Lipinski definition) is 0. The Bertz CT molecular complexity index is 3360. The molecule has 3 heteroatoms. The van der Waals surface area contributed by atoms with Gasteiger partial charge < -0.3 is 9.47 Å². The maximum atomic E-state index is 2.71. The van der Waals surface area contributed by atoms with Crippen molar-refractivity contribution in [2.45, 2.75) is 10.8 Å². The van der Waals surface area contributed by atoms with E-state index in [1.54, 1.807) is 0 Å². The molecule has 14 rings (SSSR count). The van der Waals surface area contributed by atoms with E-state index in [0.717, 1.165) is 5.69 Å². The molecular formula is C62H41BN2. The first kappa shape index (κ1) is 36.4. The van der Waals surface area contributed by atoms with E-state index in [-0.39, 0.29) is 6.71 Å². The van der Waals surface area contributed by atoms with E-state index in [1.165, 1.54) is 99.8 Å². The van der Waals surface area contributed by atoms with E-state index >= 15 is 0 Å². The first-order valence-corrected chi connectivity index (χ1v) is 22.8. The second-order valence-corrected chi connectivity index (χ2v) is 17.9. The van der Waals surface area contributed by atoms with Crippen molar-refractivity contribution in [1.82, 2.24) is 4.57 Å². The largest absolute Gasteiger partial charge is 0.310 e. The number of aromatic nitrogens is 1. The van der Waals surface area contributed by atoms with Crippen molar-refractivity contribution < 1.29 is 0 Å². The summed E-state index contributed by atoms with van der Waals surface area (Å²) in [5, 5.41) is 2.49. The standard InChI is InChI=1S/C62H41BN2/c1-6-22-42(23-7-1)61(43-24-8-2-9-25-43)50-34-20-36-54-59(50)65-58-52(61)40-47(64-56-38-18-16-32-48(56)49-33-17-19-39-57(49)64)41-53(58)62(44-26-10-3-11-27-44,45-28-12-4-13-29-45)51-35-21-37-55(60(51)65)63(54)46-30-14-5-15-31-46/h1-41H. The Hall–Kier alpha value is -8.14. The number of rotatable bonds is 6. The molecule has 0 bridgehead atoms. The zero-order valence-corrected chi connectivity index (χ0v) is 35.6. The number of hydrogen-bond acceptors (Lipinski definition) is 1. The topological polar surface area (TPSA) is 8.17 Å². The lowest BCUT2D eigenvalue weighted by atomic mass is 9.34. The number of anilines is 3. The molecule has 0 spiro atoms. The molecule has 0 amide bonds. The molecule has 0 fully saturated rings.